The molecule has 0 amide bonds. The Hall–Kier alpha value is -1.56. The minimum absolute atomic E-state index is 0.310. The van der Waals surface area contributed by atoms with Crippen molar-refractivity contribution < 1.29 is 0 Å². The summed E-state index contributed by atoms with van der Waals surface area (Å²) in [6.45, 7) is 23.1. The van der Waals surface area contributed by atoms with Gasteiger partial charge in [0.05, 0.1) is 0 Å². The number of allylic oxidation sites excluding steroid dienone is 4. The third kappa shape index (κ3) is 11.6. The lowest BCUT2D eigenvalue weighted by Gasteiger charge is -2.18. The van der Waals surface area contributed by atoms with Crippen LogP contribution in [-0.2, 0) is 0 Å². The van der Waals surface area contributed by atoms with Gasteiger partial charge in [-0.25, -0.2) is 0 Å². The highest BCUT2D eigenvalue weighted by atomic mass is 14.2. The molecule has 0 bridgehead atoms. The van der Waals surface area contributed by atoms with Gasteiger partial charge in [0, 0.05) is 0 Å². The molecule has 0 spiro atoms. The highest BCUT2D eigenvalue weighted by Crippen LogP contribution is 2.24. The van der Waals surface area contributed by atoms with Gasteiger partial charge in [0.1, 0.15) is 0 Å². The first kappa shape index (κ1) is 23.7. The lowest BCUT2D eigenvalue weighted by atomic mass is 9.87. The summed E-state index contributed by atoms with van der Waals surface area (Å²) in [5.41, 5.74) is 5.70. The molecule has 0 radical (unpaired) electrons. The van der Waals surface area contributed by atoms with Crippen molar-refractivity contribution in [3.05, 3.63) is 65.3 Å². The average Bonchev–Trinajstić information content (AvgIpc) is 2.54. The Balaban J connectivity index is 0. The van der Waals surface area contributed by atoms with E-state index in [1.807, 2.05) is 32.1 Å². The minimum atomic E-state index is 0.310. The van der Waals surface area contributed by atoms with Gasteiger partial charge in [0.25, 0.3) is 0 Å². The van der Waals surface area contributed by atoms with Gasteiger partial charge in [0.2, 0.25) is 0 Å². The van der Waals surface area contributed by atoms with Crippen LogP contribution in [-0.4, -0.2) is 0 Å². The van der Waals surface area contributed by atoms with Crippen LogP contribution in [0.25, 0.3) is 6.08 Å². The van der Waals surface area contributed by atoms with E-state index in [4.69, 9.17) is 0 Å². The van der Waals surface area contributed by atoms with Crippen molar-refractivity contribution in [1.29, 1.82) is 0 Å². The number of hydrogen-bond acceptors (Lipinski definition) is 0. The van der Waals surface area contributed by atoms with Gasteiger partial charge in [-0.1, -0.05) is 102 Å². The van der Waals surface area contributed by atoms with Gasteiger partial charge in [-0.2, -0.15) is 0 Å². The lowest BCUT2D eigenvalue weighted by molar-refractivity contribution is 0.504. The smallest absolute Gasteiger partial charge is 0.0173 e. The number of benzene rings is 1. The van der Waals surface area contributed by atoms with E-state index in [0.717, 1.165) is 6.42 Å². The first-order chi connectivity index (χ1) is 10.7. The maximum Gasteiger partial charge on any atom is -0.0173 e. The SMILES string of the molecule is C=Cc1ccccc1C.CC.CC/C(C)=C/C=C(\C)C(C)(C)C. The zero-order valence-electron chi connectivity index (χ0n) is 17.0. The van der Waals surface area contributed by atoms with E-state index in [9.17, 15) is 0 Å². The van der Waals surface area contributed by atoms with E-state index in [0.29, 0.717) is 5.41 Å². The Morgan fingerprint density at radius 1 is 1.04 bits per heavy atom. The summed E-state index contributed by atoms with van der Waals surface area (Å²) < 4.78 is 0. The molecule has 0 aliphatic rings. The van der Waals surface area contributed by atoms with Crippen LogP contribution in [0.4, 0.5) is 0 Å². The largest absolute Gasteiger partial charge is 0.0985 e. The molecule has 0 aromatic heterocycles. The normalized spacial score (nSPS) is 11.7. The summed E-state index contributed by atoms with van der Waals surface area (Å²) in [5, 5.41) is 0. The monoisotopic (exact) mass is 314 g/mol. The Morgan fingerprint density at radius 2 is 1.57 bits per heavy atom. The summed E-state index contributed by atoms with van der Waals surface area (Å²) >= 11 is 0. The predicted octanol–water partition coefficient (Wildman–Crippen LogP) is 8.00. The molecule has 0 saturated heterocycles. The third-order valence-electron chi connectivity index (χ3n) is 3.77. The maximum atomic E-state index is 3.69. The second kappa shape index (κ2) is 12.9. The van der Waals surface area contributed by atoms with Crippen molar-refractivity contribution in [2.45, 2.75) is 68.7 Å². The quantitative estimate of drug-likeness (QED) is 0.496. The van der Waals surface area contributed by atoms with Crippen LogP contribution in [0.2, 0.25) is 0 Å². The van der Waals surface area contributed by atoms with E-state index in [2.05, 4.69) is 79.3 Å². The third-order valence-corrected chi connectivity index (χ3v) is 3.77. The fourth-order valence-corrected chi connectivity index (χ4v) is 1.45. The molecular weight excluding hydrogens is 276 g/mol. The van der Waals surface area contributed by atoms with E-state index >= 15 is 0 Å². The molecule has 0 heterocycles. The van der Waals surface area contributed by atoms with E-state index in [1.165, 1.54) is 22.3 Å². The molecule has 0 aliphatic carbocycles. The van der Waals surface area contributed by atoms with Gasteiger partial charge in [-0.05, 0) is 43.7 Å². The summed E-state index contributed by atoms with van der Waals surface area (Å²) in [4.78, 5) is 0. The molecule has 0 aliphatic heterocycles. The second-order valence-corrected chi connectivity index (χ2v) is 6.53. The van der Waals surface area contributed by atoms with E-state index in [-0.39, 0.29) is 0 Å². The van der Waals surface area contributed by atoms with E-state index in [1.54, 1.807) is 0 Å². The number of rotatable bonds is 3. The molecule has 130 valence electrons. The van der Waals surface area contributed by atoms with Crippen molar-refractivity contribution in [3.8, 4) is 0 Å². The maximum absolute atomic E-state index is 3.69. The number of hydrogen-bond donors (Lipinski definition) is 0. The number of aryl methyl sites for hydroxylation is 1. The molecule has 0 saturated carbocycles. The average molecular weight is 315 g/mol. The van der Waals surface area contributed by atoms with Crippen LogP contribution in [0.3, 0.4) is 0 Å². The summed E-state index contributed by atoms with van der Waals surface area (Å²) in [6, 6.07) is 8.19. The van der Waals surface area contributed by atoms with Crippen LogP contribution in [0.5, 0.6) is 0 Å². The Bertz CT molecular complexity index is 493. The topological polar surface area (TPSA) is 0 Å². The molecule has 0 unspecified atom stereocenters. The fourth-order valence-electron chi connectivity index (χ4n) is 1.45. The molecule has 0 heteroatoms. The van der Waals surface area contributed by atoms with Crippen molar-refractivity contribution in [2.75, 3.05) is 0 Å². The molecule has 23 heavy (non-hydrogen) atoms. The second-order valence-electron chi connectivity index (χ2n) is 6.53. The molecule has 0 N–H and O–H groups in total. The zero-order chi connectivity index (χ0) is 18.5. The van der Waals surface area contributed by atoms with Crippen LogP contribution in [0, 0.1) is 12.3 Å². The molecular formula is C23H38. The molecule has 1 aromatic rings. The summed E-state index contributed by atoms with van der Waals surface area (Å²) in [6.07, 6.45) is 7.47. The zero-order valence-corrected chi connectivity index (χ0v) is 17.0. The first-order valence-electron chi connectivity index (χ1n) is 8.75. The molecule has 0 fully saturated rings. The summed E-state index contributed by atoms with van der Waals surface area (Å²) in [5.74, 6) is 0. The van der Waals surface area contributed by atoms with Crippen LogP contribution in [0.15, 0.2) is 54.1 Å². The Labute approximate surface area is 146 Å². The first-order valence-corrected chi connectivity index (χ1v) is 8.75. The van der Waals surface area contributed by atoms with Crippen LogP contribution in [0.1, 0.15) is 72.9 Å². The van der Waals surface area contributed by atoms with Gasteiger partial charge < -0.3 is 0 Å². The Morgan fingerprint density at radius 3 is 1.91 bits per heavy atom. The standard InChI is InChI=1S/C12H22.C9H10.C2H6/c1-7-10(2)8-9-11(3)12(4,5)6;1-3-9-7-5-4-6-8(9)2;1-2/h8-9H,7H2,1-6H3;3-7H,1H2,2H3;1-2H3/b10-8+,11-9+;;. The molecule has 1 aromatic carbocycles. The fraction of sp³-hybridized carbons (Fsp3) is 0.478. The minimum Gasteiger partial charge on any atom is -0.0985 e. The molecule has 1 rings (SSSR count). The lowest BCUT2D eigenvalue weighted by Crippen LogP contribution is -2.05. The van der Waals surface area contributed by atoms with Crippen LogP contribution < -0.4 is 0 Å². The van der Waals surface area contributed by atoms with Crippen molar-refractivity contribution in [2.24, 2.45) is 5.41 Å². The predicted molar refractivity (Wildman–Crippen MR) is 110 cm³/mol. The van der Waals surface area contributed by atoms with Crippen molar-refractivity contribution in [1.82, 2.24) is 0 Å². The summed E-state index contributed by atoms with van der Waals surface area (Å²) in [7, 11) is 0. The highest BCUT2D eigenvalue weighted by molar-refractivity contribution is 5.50. The van der Waals surface area contributed by atoms with E-state index < -0.39 is 0 Å². The van der Waals surface area contributed by atoms with Gasteiger partial charge in [0.15, 0.2) is 0 Å². The van der Waals surface area contributed by atoms with Crippen LogP contribution >= 0.6 is 0 Å². The molecule has 0 atom stereocenters. The Kier molecular flexibility index (Phi) is 13.3. The van der Waals surface area contributed by atoms with Gasteiger partial charge in [-0.3, -0.25) is 0 Å². The highest BCUT2D eigenvalue weighted by Gasteiger charge is 2.10. The van der Waals surface area contributed by atoms with Crippen molar-refractivity contribution in [3.63, 3.8) is 0 Å². The van der Waals surface area contributed by atoms with Crippen molar-refractivity contribution >= 4 is 6.08 Å². The molecule has 0 nitrogen and oxygen atoms in total. The van der Waals surface area contributed by atoms with Gasteiger partial charge >= 0.3 is 0 Å². The van der Waals surface area contributed by atoms with Gasteiger partial charge in [-0.15, -0.1) is 0 Å².